The highest BCUT2D eigenvalue weighted by Crippen LogP contribution is 2.35. The van der Waals surface area contributed by atoms with Crippen molar-refractivity contribution in [2.75, 3.05) is 18.8 Å². The third kappa shape index (κ3) is 4.69. The number of hydrogen-bond acceptors (Lipinski definition) is 5. The van der Waals surface area contributed by atoms with Gasteiger partial charge in [0.1, 0.15) is 18.1 Å². The first kappa shape index (κ1) is 21.4. The molecule has 2 aromatic carbocycles. The number of carbonyl (C=O) groups excluding carboxylic acids is 1. The van der Waals surface area contributed by atoms with Gasteiger partial charge in [-0.25, -0.2) is 13.6 Å². The molecule has 0 bridgehead atoms. The molecule has 0 spiro atoms. The van der Waals surface area contributed by atoms with Gasteiger partial charge in [-0.2, -0.15) is 5.06 Å². The van der Waals surface area contributed by atoms with Crippen LogP contribution in [-0.4, -0.2) is 25.0 Å². The van der Waals surface area contributed by atoms with Gasteiger partial charge in [0.05, 0.1) is 30.5 Å². The van der Waals surface area contributed by atoms with Crippen LogP contribution in [0.5, 0.6) is 11.5 Å². The summed E-state index contributed by atoms with van der Waals surface area (Å²) in [6, 6.07) is 7.60. The van der Waals surface area contributed by atoms with Crippen LogP contribution in [0.3, 0.4) is 0 Å². The summed E-state index contributed by atoms with van der Waals surface area (Å²) in [5.41, 5.74) is 1.68. The maximum Gasteiger partial charge on any atom is 0.438 e. The summed E-state index contributed by atoms with van der Waals surface area (Å²) in [6.45, 7) is 5.43. The van der Waals surface area contributed by atoms with E-state index in [0.29, 0.717) is 23.0 Å². The highest BCUT2D eigenvalue weighted by molar-refractivity contribution is 5.86. The number of hydrogen-bond donors (Lipinski definition) is 1. The van der Waals surface area contributed by atoms with Crippen molar-refractivity contribution >= 4 is 11.8 Å². The van der Waals surface area contributed by atoms with Crippen molar-refractivity contribution in [2.45, 2.75) is 33.8 Å². The van der Waals surface area contributed by atoms with Crippen LogP contribution in [0, 0.1) is 13.8 Å². The SMILES string of the molecule is CCOc1cccc(N(O)C(=O)OC)c1COc1cc(C)c(C)cc1C(F)F. The Balaban J connectivity index is 2.43. The van der Waals surface area contributed by atoms with E-state index in [2.05, 4.69) is 4.74 Å². The number of methoxy groups -OCH3 is 1. The molecule has 0 saturated heterocycles. The van der Waals surface area contributed by atoms with E-state index in [1.807, 2.05) is 0 Å². The molecule has 0 heterocycles. The normalized spacial score (nSPS) is 10.7. The molecule has 0 aliphatic heterocycles. The minimum Gasteiger partial charge on any atom is -0.493 e. The Morgan fingerprint density at radius 3 is 2.43 bits per heavy atom. The smallest absolute Gasteiger partial charge is 0.438 e. The Bertz CT molecular complexity index is 842. The molecule has 8 heteroatoms. The lowest BCUT2D eigenvalue weighted by Crippen LogP contribution is -2.28. The van der Waals surface area contributed by atoms with E-state index in [9.17, 15) is 18.8 Å². The minimum absolute atomic E-state index is 0.0258. The van der Waals surface area contributed by atoms with Gasteiger partial charge in [0.25, 0.3) is 6.43 Å². The molecule has 0 atom stereocenters. The van der Waals surface area contributed by atoms with Crippen molar-refractivity contribution in [3.63, 3.8) is 0 Å². The van der Waals surface area contributed by atoms with Gasteiger partial charge in [-0.3, -0.25) is 5.21 Å². The summed E-state index contributed by atoms with van der Waals surface area (Å²) in [5, 5.41) is 10.4. The number of amides is 1. The van der Waals surface area contributed by atoms with Gasteiger partial charge < -0.3 is 14.2 Å². The average molecular weight is 395 g/mol. The topological polar surface area (TPSA) is 68.2 Å². The third-order valence-corrected chi connectivity index (χ3v) is 4.22. The average Bonchev–Trinajstić information content (AvgIpc) is 2.67. The molecule has 0 fully saturated rings. The van der Waals surface area contributed by atoms with Crippen molar-refractivity contribution in [3.8, 4) is 11.5 Å². The summed E-state index contributed by atoms with van der Waals surface area (Å²) >= 11 is 0. The predicted octanol–water partition coefficient (Wildman–Crippen LogP) is 5.18. The summed E-state index contributed by atoms with van der Waals surface area (Å²) in [6.07, 6.45) is -3.71. The van der Waals surface area contributed by atoms with Crippen LogP contribution >= 0.6 is 0 Å². The van der Waals surface area contributed by atoms with E-state index in [0.717, 1.165) is 18.2 Å². The van der Waals surface area contributed by atoms with Gasteiger partial charge in [0.15, 0.2) is 0 Å². The quantitative estimate of drug-likeness (QED) is 0.517. The first-order chi connectivity index (χ1) is 13.3. The monoisotopic (exact) mass is 395 g/mol. The van der Waals surface area contributed by atoms with E-state index >= 15 is 0 Å². The lowest BCUT2D eigenvalue weighted by molar-refractivity contribution is 0.139. The zero-order valence-corrected chi connectivity index (χ0v) is 16.2. The second-order valence-corrected chi connectivity index (χ2v) is 6.03. The first-order valence-electron chi connectivity index (χ1n) is 8.63. The molecular formula is C20H23F2NO5. The summed E-state index contributed by atoms with van der Waals surface area (Å²) in [5.74, 6) is 0.378. The molecular weight excluding hydrogens is 372 g/mol. The molecule has 2 rings (SSSR count). The standard InChI is InChI=1S/C20H23F2NO5/c1-5-27-17-8-6-7-16(23(25)20(24)26-4)15(17)11-28-18-10-13(3)12(2)9-14(18)19(21)22/h6-10,19,25H,5,11H2,1-4H3. The molecule has 1 N–H and O–H groups in total. The maximum absolute atomic E-state index is 13.4. The first-order valence-corrected chi connectivity index (χ1v) is 8.63. The number of alkyl halides is 2. The number of nitrogens with zero attached hydrogens (tertiary/aromatic N) is 1. The molecule has 0 saturated carbocycles. The molecule has 0 radical (unpaired) electrons. The number of hydroxylamine groups is 1. The fourth-order valence-corrected chi connectivity index (χ4v) is 2.63. The predicted molar refractivity (Wildman–Crippen MR) is 99.5 cm³/mol. The molecule has 1 amide bonds. The molecule has 2 aromatic rings. The molecule has 0 aliphatic rings. The second kappa shape index (κ2) is 9.36. The van der Waals surface area contributed by atoms with Gasteiger partial charge in [-0.15, -0.1) is 0 Å². The maximum atomic E-state index is 13.4. The molecule has 152 valence electrons. The molecule has 0 unspecified atom stereocenters. The third-order valence-electron chi connectivity index (χ3n) is 4.22. The molecule has 28 heavy (non-hydrogen) atoms. The van der Waals surface area contributed by atoms with Crippen molar-refractivity contribution in [1.82, 2.24) is 0 Å². The Morgan fingerprint density at radius 2 is 1.82 bits per heavy atom. The van der Waals surface area contributed by atoms with E-state index in [4.69, 9.17) is 9.47 Å². The van der Waals surface area contributed by atoms with Crippen LogP contribution < -0.4 is 14.5 Å². The Labute approximate surface area is 162 Å². The van der Waals surface area contributed by atoms with Crippen molar-refractivity contribution in [3.05, 3.63) is 52.6 Å². The summed E-state index contributed by atoms with van der Waals surface area (Å²) in [7, 11) is 1.12. The van der Waals surface area contributed by atoms with Gasteiger partial charge in [0.2, 0.25) is 0 Å². The Kier molecular flexibility index (Phi) is 7.17. The van der Waals surface area contributed by atoms with E-state index < -0.39 is 12.5 Å². The van der Waals surface area contributed by atoms with Gasteiger partial charge >= 0.3 is 6.09 Å². The lowest BCUT2D eigenvalue weighted by atomic mass is 10.1. The van der Waals surface area contributed by atoms with Crippen LogP contribution in [0.4, 0.5) is 19.3 Å². The number of carbonyl (C=O) groups is 1. The van der Waals surface area contributed by atoms with Crippen LogP contribution in [0.15, 0.2) is 30.3 Å². The van der Waals surface area contributed by atoms with Gasteiger partial charge in [0, 0.05) is 0 Å². The van der Waals surface area contributed by atoms with Crippen LogP contribution in [0.2, 0.25) is 0 Å². The zero-order valence-electron chi connectivity index (χ0n) is 16.2. The number of aryl methyl sites for hydroxylation is 2. The van der Waals surface area contributed by atoms with Crippen molar-refractivity contribution < 1.29 is 33.0 Å². The Hall–Kier alpha value is -2.87. The largest absolute Gasteiger partial charge is 0.493 e. The van der Waals surface area contributed by atoms with E-state index in [1.165, 1.54) is 18.2 Å². The van der Waals surface area contributed by atoms with E-state index in [-0.39, 0.29) is 23.6 Å². The van der Waals surface area contributed by atoms with Crippen molar-refractivity contribution in [1.29, 1.82) is 0 Å². The van der Waals surface area contributed by atoms with Gasteiger partial charge in [-0.1, -0.05) is 6.07 Å². The number of halogens is 2. The molecule has 0 aliphatic carbocycles. The summed E-state index contributed by atoms with van der Waals surface area (Å²) < 4.78 is 42.5. The summed E-state index contributed by atoms with van der Waals surface area (Å²) in [4.78, 5) is 11.7. The van der Waals surface area contributed by atoms with Crippen LogP contribution in [-0.2, 0) is 11.3 Å². The Morgan fingerprint density at radius 1 is 1.14 bits per heavy atom. The second-order valence-electron chi connectivity index (χ2n) is 6.03. The number of ether oxygens (including phenoxy) is 3. The van der Waals surface area contributed by atoms with Crippen LogP contribution in [0.1, 0.15) is 35.6 Å². The zero-order chi connectivity index (χ0) is 20.8. The molecule has 6 nitrogen and oxygen atoms in total. The van der Waals surface area contributed by atoms with E-state index in [1.54, 1.807) is 32.9 Å². The minimum atomic E-state index is -2.71. The molecule has 0 aromatic heterocycles. The lowest BCUT2D eigenvalue weighted by Gasteiger charge is -2.21. The number of anilines is 1. The fraction of sp³-hybridized carbons (Fsp3) is 0.350. The van der Waals surface area contributed by atoms with Gasteiger partial charge in [-0.05, 0) is 56.2 Å². The number of benzene rings is 2. The highest BCUT2D eigenvalue weighted by atomic mass is 19.3. The van der Waals surface area contributed by atoms with Crippen molar-refractivity contribution in [2.24, 2.45) is 0 Å². The fourth-order valence-electron chi connectivity index (χ4n) is 2.63. The highest BCUT2D eigenvalue weighted by Gasteiger charge is 2.22. The number of rotatable bonds is 7. The van der Waals surface area contributed by atoms with Crippen LogP contribution in [0.25, 0.3) is 0 Å².